The van der Waals surface area contributed by atoms with Crippen LogP contribution >= 0.6 is 11.6 Å². The molecule has 1 amide bonds. The number of nitriles is 1. The minimum absolute atomic E-state index is 0.338. The van der Waals surface area contributed by atoms with Crippen LogP contribution < -0.4 is 5.32 Å². The van der Waals surface area contributed by atoms with Gasteiger partial charge in [-0.05, 0) is 38.5 Å². The molecule has 0 aliphatic heterocycles. The highest BCUT2D eigenvalue weighted by molar-refractivity contribution is 6.31. The summed E-state index contributed by atoms with van der Waals surface area (Å²) in [5.41, 5.74) is 0.500. The highest BCUT2D eigenvalue weighted by Gasteiger charge is 2.27. The van der Waals surface area contributed by atoms with Crippen molar-refractivity contribution in [2.24, 2.45) is 5.41 Å². The summed E-state index contributed by atoms with van der Waals surface area (Å²) in [5.74, 6) is -0.338. The van der Waals surface area contributed by atoms with Gasteiger partial charge in [0.25, 0.3) is 0 Å². The lowest BCUT2D eigenvalue weighted by Crippen LogP contribution is -2.29. The van der Waals surface area contributed by atoms with Gasteiger partial charge in [0.15, 0.2) is 0 Å². The summed E-state index contributed by atoms with van der Waals surface area (Å²) < 4.78 is 0. The summed E-state index contributed by atoms with van der Waals surface area (Å²) in [6, 6.07) is 7.18. The maximum absolute atomic E-state index is 11.7. The molecule has 1 rings (SSSR count). The van der Waals surface area contributed by atoms with E-state index < -0.39 is 5.41 Å². The quantitative estimate of drug-likeness (QED) is 0.858. The van der Waals surface area contributed by atoms with E-state index in [1.165, 1.54) is 0 Å². The first-order valence-electron chi connectivity index (χ1n) is 4.85. The van der Waals surface area contributed by atoms with Gasteiger partial charge in [0, 0.05) is 10.7 Å². The van der Waals surface area contributed by atoms with Crippen molar-refractivity contribution in [3.8, 4) is 6.07 Å². The minimum atomic E-state index is -1.04. The molecule has 0 fully saturated rings. The first-order chi connectivity index (χ1) is 7.36. The third-order valence-electron chi connectivity index (χ3n) is 2.28. The molecular formula is C12H13ClN2O. The van der Waals surface area contributed by atoms with Crippen molar-refractivity contribution < 1.29 is 4.79 Å². The third-order valence-corrected chi connectivity index (χ3v) is 2.68. The summed E-state index contributed by atoms with van der Waals surface area (Å²) in [4.78, 5) is 11.7. The zero-order valence-corrected chi connectivity index (χ0v) is 10.2. The molecule has 0 heterocycles. The second kappa shape index (κ2) is 4.54. The standard InChI is InChI=1S/C12H13ClN2O/c1-8-4-5-9(6-10(8)13)15-11(16)12(2,3)7-14/h4-6H,1-3H3,(H,15,16). The van der Waals surface area contributed by atoms with Gasteiger partial charge >= 0.3 is 0 Å². The van der Waals surface area contributed by atoms with E-state index in [4.69, 9.17) is 16.9 Å². The molecule has 0 saturated carbocycles. The fourth-order valence-corrected chi connectivity index (χ4v) is 1.19. The van der Waals surface area contributed by atoms with Crippen molar-refractivity contribution in [3.63, 3.8) is 0 Å². The number of nitrogens with one attached hydrogen (secondary N) is 1. The summed E-state index contributed by atoms with van der Waals surface area (Å²) in [5, 5.41) is 12.0. The summed E-state index contributed by atoms with van der Waals surface area (Å²) >= 11 is 5.93. The van der Waals surface area contributed by atoms with E-state index in [0.29, 0.717) is 10.7 Å². The van der Waals surface area contributed by atoms with Crippen molar-refractivity contribution in [2.75, 3.05) is 5.32 Å². The Kier molecular flexibility index (Phi) is 3.56. The van der Waals surface area contributed by atoms with Crippen LogP contribution in [0.5, 0.6) is 0 Å². The molecule has 3 nitrogen and oxygen atoms in total. The first-order valence-corrected chi connectivity index (χ1v) is 5.23. The predicted octanol–water partition coefficient (Wildman–Crippen LogP) is 3.14. The molecule has 0 atom stereocenters. The van der Waals surface area contributed by atoms with Gasteiger partial charge in [-0.2, -0.15) is 5.26 Å². The van der Waals surface area contributed by atoms with Crippen molar-refractivity contribution >= 4 is 23.2 Å². The average Bonchev–Trinajstić information content (AvgIpc) is 2.23. The Morgan fingerprint density at radius 3 is 2.62 bits per heavy atom. The second-order valence-corrected chi connectivity index (χ2v) is 4.56. The fourth-order valence-electron chi connectivity index (χ4n) is 1.01. The van der Waals surface area contributed by atoms with Crippen LogP contribution in [0.25, 0.3) is 0 Å². The Hall–Kier alpha value is -1.53. The first kappa shape index (κ1) is 12.5. The van der Waals surface area contributed by atoms with Crippen molar-refractivity contribution in [1.29, 1.82) is 5.26 Å². The zero-order chi connectivity index (χ0) is 12.3. The van der Waals surface area contributed by atoms with Crippen LogP contribution in [0.2, 0.25) is 5.02 Å². The number of halogens is 1. The number of hydrogen-bond donors (Lipinski definition) is 1. The lowest BCUT2D eigenvalue weighted by molar-refractivity contribution is -0.121. The molecule has 0 aliphatic rings. The maximum Gasteiger partial charge on any atom is 0.244 e. The van der Waals surface area contributed by atoms with Gasteiger partial charge in [-0.3, -0.25) is 4.79 Å². The smallest absolute Gasteiger partial charge is 0.244 e. The highest BCUT2D eigenvalue weighted by atomic mass is 35.5. The fraction of sp³-hybridized carbons (Fsp3) is 0.333. The van der Waals surface area contributed by atoms with Crippen LogP contribution in [0.3, 0.4) is 0 Å². The molecule has 0 spiro atoms. The second-order valence-electron chi connectivity index (χ2n) is 4.15. The molecule has 0 aliphatic carbocycles. The van der Waals surface area contributed by atoms with E-state index >= 15 is 0 Å². The number of aryl methyl sites for hydroxylation is 1. The molecule has 0 unspecified atom stereocenters. The van der Waals surface area contributed by atoms with Gasteiger partial charge in [-0.15, -0.1) is 0 Å². The average molecular weight is 237 g/mol. The Labute approximate surface area is 100 Å². The van der Waals surface area contributed by atoms with Crippen molar-refractivity contribution in [3.05, 3.63) is 28.8 Å². The Morgan fingerprint density at radius 2 is 2.12 bits per heavy atom. The van der Waals surface area contributed by atoms with Crippen LogP contribution in [0, 0.1) is 23.7 Å². The van der Waals surface area contributed by atoms with Gasteiger partial charge in [0.05, 0.1) is 6.07 Å². The van der Waals surface area contributed by atoms with Crippen LogP contribution in [0.1, 0.15) is 19.4 Å². The maximum atomic E-state index is 11.7. The molecule has 84 valence electrons. The number of hydrogen-bond acceptors (Lipinski definition) is 2. The van der Waals surface area contributed by atoms with Gasteiger partial charge in [0.1, 0.15) is 5.41 Å². The van der Waals surface area contributed by atoms with Crippen molar-refractivity contribution in [2.45, 2.75) is 20.8 Å². The van der Waals surface area contributed by atoms with Gasteiger partial charge in [-0.1, -0.05) is 17.7 Å². The molecule has 0 saturated heterocycles. The normalized spacial score (nSPS) is 10.7. The number of carbonyl (C=O) groups is 1. The van der Waals surface area contributed by atoms with Crippen LogP contribution in [0.4, 0.5) is 5.69 Å². The molecule has 16 heavy (non-hydrogen) atoms. The predicted molar refractivity (Wildman–Crippen MR) is 64.2 cm³/mol. The van der Waals surface area contributed by atoms with Gasteiger partial charge in [-0.25, -0.2) is 0 Å². The Bertz CT molecular complexity index is 461. The number of rotatable bonds is 2. The van der Waals surface area contributed by atoms with E-state index in [9.17, 15) is 4.79 Å². The monoisotopic (exact) mass is 236 g/mol. The lowest BCUT2D eigenvalue weighted by Gasteiger charge is -2.15. The van der Waals surface area contributed by atoms with Gasteiger partial charge < -0.3 is 5.32 Å². The summed E-state index contributed by atoms with van der Waals surface area (Å²) in [6.45, 7) is 5.02. The SMILES string of the molecule is Cc1ccc(NC(=O)C(C)(C)C#N)cc1Cl. The number of carbonyl (C=O) groups excluding carboxylic acids is 1. The van der Waals surface area contributed by atoms with Crippen molar-refractivity contribution in [1.82, 2.24) is 0 Å². The number of nitrogens with zero attached hydrogens (tertiary/aromatic N) is 1. The summed E-state index contributed by atoms with van der Waals surface area (Å²) in [6.07, 6.45) is 0. The Morgan fingerprint density at radius 1 is 1.50 bits per heavy atom. The minimum Gasteiger partial charge on any atom is -0.325 e. The molecular weight excluding hydrogens is 224 g/mol. The molecule has 4 heteroatoms. The molecule has 1 N–H and O–H groups in total. The van der Waals surface area contributed by atoms with Crippen LogP contribution in [-0.2, 0) is 4.79 Å². The molecule has 0 bridgehead atoms. The van der Waals surface area contributed by atoms with E-state index in [1.807, 2.05) is 19.1 Å². The van der Waals surface area contributed by atoms with E-state index in [-0.39, 0.29) is 5.91 Å². The zero-order valence-electron chi connectivity index (χ0n) is 9.47. The Balaban J connectivity index is 2.87. The largest absolute Gasteiger partial charge is 0.325 e. The van der Waals surface area contributed by atoms with Crippen LogP contribution in [0.15, 0.2) is 18.2 Å². The number of anilines is 1. The van der Waals surface area contributed by atoms with Gasteiger partial charge in [0.2, 0.25) is 5.91 Å². The lowest BCUT2D eigenvalue weighted by atomic mass is 9.94. The number of amides is 1. The van der Waals surface area contributed by atoms with E-state index in [1.54, 1.807) is 26.0 Å². The topological polar surface area (TPSA) is 52.9 Å². The number of benzene rings is 1. The molecule has 1 aromatic carbocycles. The van der Waals surface area contributed by atoms with E-state index in [2.05, 4.69) is 5.32 Å². The third kappa shape index (κ3) is 2.74. The molecule has 1 aromatic rings. The summed E-state index contributed by atoms with van der Waals surface area (Å²) in [7, 11) is 0. The molecule has 0 radical (unpaired) electrons. The van der Waals surface area contributed by atoms with Crippen LogP contribution in [-0.4, -0.2) is 5.91 Å². The molecule has 0 aromatic heterocycles. The highest BCUT2D eigenvalue weighted by Crippen LogP contribution is 2.22. The van der Waals surface area contributed by atoms with E-state index in [0.717, 1.165) is 5.56 Å².